The summed E-state index contributed by atoms with van der Waals surface area (Å²) in [6.45, 7) is 0. The van der Waals surface area contributed by atoms with Gasteiger partial charge in [-0.05, 0) is 55.3 Å². The molecule has 1 aliphatic rings. The first-order valence-electron chi connectivity index (χ1n) is 6.40. The lowest BCUT2D eigenvalue weighted by molar-refractivity contribution is 0.103. The van der Waals surface area contributed by atoms with Crippen molar-refractivity contribution < 1.29 is 13.9 Å². The summed E-state index contributed by atoms with van der Waals surface area (Å²) in [4.78, 5) is 12.2. The standard InChI is InChI=1S/C16H12ClFO2/c17-14-8-3-11(9-15(14)18)16(19)10-1-4-12(5-2-10)20-13-6-7-13/h1-5,8-9,13H,6-7H2. The smallest absolute Gasteiger partial charge is 0.193 e. The van der Waals surface area contributed by atoms with Crippen LogP contribution < -0.4 is 4.74 Å². The van der Waals surface area contributed by atoms with Crippen LogP contribution in [-0.2, 0) is 0 Å². The van der Waals surface area contributed by atoms with Crippen molar-refractivity contribution in [2.75, 3.05) is 0 Å². The van der Waals surface area contributed by atoms with Gasteiger partial charge in [0, 0.05) is 11.1 Å². The van der Waals surface area contributed by atoms with Crippen LogP contribution in [0, 0.1) is 5.82 Å². The number of ether oxygens (including phenoxy) is 1. The van der Waals surface area contributed by atoms with Gasteiger partial charge in [-0.1, -0.05) is 11.6 Å². The molecule has 0 heterocycles. The molecule has 0 aliphatic heterocycles. The third-order valence-electron chi connectivity index (χ3n) is 3.13. The second-order valence-electron chi connectivity index (χ2n) is 4.80. The van der Waals surface area contributed by atoms with Gasteiger partial charge in [0.05, 0.1) is 11.1 Å². The van der Waals surface area contributed by atoms with Gasteiger partial charge in [-0.15, -0.1) is 0 Å². The van der Waals surface area contributed by atoms with E-state index >= 15 is 0 Å². The Bertz CT molecular complexity index is 648. The van der Waals surface area contributed by atoms with Gasteiger partial charge in [-0.25, -0.2) is 4.39 Å². The van der Waals surface area contributed by atoms with Crippen LogP contribution in [0.25, 0.3) is 0 Å². The Morgan fingerprint density at radius 2 is 1.75 bits per heavy atom. The van der Waals surface area contributed by atoms with Crippen molar-refractivity contribution in [1.82, 2.24) is 0 Å². The Morgan fingerprint density at radius 1 is 1.10 bits per heavy atom. The molecular formula is C16H12ClFO2. The first-order valence-corrected chi connectivity index (χ1v) is 6.78. The van der Waals surface area contributed by atoms with Gasteiger partial charge >= 0.3 is 0 Å². The quantitative estimate of drug-likeness (QED) is 0.787. The van der Waals surface area contributed by atoms with E-state index in [1.54, 1.807) is 24.3 Å². The average molecular weight is 291 g/mol. The molecule has 0 bridgehead atoms. The fourth-order valence-electron chi connectivity index (χ4n) is 1.87. The van der Waals surface area contributed by atoms with Crippen LogP contribution in [0.15, 0.2) is 42.5 Å². The van der Waals surface area contributed by atoms with E-state index in [9.17, 15) is 9.18 Å². The summed E-state index contributed by atoms with van der Waals surface area (Å²) < 4.78 is 19.0. The zero-order chi connectivity index (χ0) is 14.1. The van der Waals surface area contributed by atoms with E-state index in [0.29, 0.717) is 11.7 Å². The summed E-state index contributed by atoms with van der Waals surface area (Å²) in [5.41, 5.74) is 0.776. The first-order chi connectivity index (χ1) is 9.63. The van der Waals surface area contributed by atoms with Crippen LogP contribution in [0.2, 0.25) is 5.02 Å². The molecule has 0 saturated heterocycles. The van der Waals surface area contributed by atoms with Gasteiger partial charge in [-0.2, -0.15) is 0 Å². The Morgan fingerprint density at radius 3 is 2.35 bits per heavy atom. The Hall–Kier alpha value is -1.87. The predicted octanol–water partition coefficient (Wildman–Crippen LogP) is 4.25. The number of halogens is 2. The lowest BCUT2D eigenvalue weighted by atomic mass is 10.0. The fraction of sp³-hybridized carbons (Fsp3) is 0.188. The molecule has 0 spiro atoms. The van der Waals surface area contributed by atoms with Crippen LogP contribution in [0.1, 0.15) is 28.8 Å². The van der Waals surface area contributed by atoms with Crippen molar-refractivity contribution in [3.05, 3.63) is 64.4 Å². The number of ketones is 1. The second kappa shape index (κ2) is 5.25. The minimum atomic E-state index is -0.591. The highest BCUT2D eigenvalue weighted by atomic mass is 35.5. The molecule has 0 aromatic heterocycles. The summed E-state index contributed by atoms with van der Waals surface area (Å²) in [5, 5.41) is 0.00901. The maximum atomic E-state index is 13.4. The van der Waals surface area contributed by atoms with Gasteiger partial charge in [-0.3, -0.25) is 4.79 Å². The topological polar surface area (TPSA) is 26.3 Å². The first kappa shape index (κ1) is 13.1. The molecule has 0 amide bonds. The SMILES string of the molecule is O=C(c1ccc(OC2CC2)cc1)c1ccc(Cl)c(F)c1. The monoisotopic (exact) mass is 290 g/mol. The van der Waals surface area contributed by atoms with Gasteiger partial charge in [0.25, 0.3) is 0 Å². The zero-order valence-electron chi connectivity index (χ0n) is 10.6. The molecule has 2 aromatic rings. The second-order valence-corrected chi connectivity index (χ2v) is 5.21. The Balaban J connectivity index is 1.80. The van der Waals surface area contributed by atoms with Crippen LogP contribution in [0.4, 0.5) is 4.39 Å². The number of hydrogen-bond donors (Lipinski definition) is 0. The minimum Gasteiger partial charge on any atom is -0.490 e. The number of benzene rings is 2. The molecule has 2 nitrogen and oxygen atoms in total. The van der Waals surface area contributed by atoms with E-state index in [2.05, 4.69) is 0 Å². The van der Waals surface area contributed by atoms with Gasteiger partial charge in [0.2, 0.25) is 0 Å². The van der Waals surface area contributed by atoms with E-state index in [0.717, 1.165) is 24.7 Å². The molecule has 1 saturated carbocycles. The van der Waals surface area contributed by atoms with Crippen molar-refractivity contribution in [2.24, 2.45) is 0 Å². The largest absolute Gasteiger partial charge is 0.490 e. The Kier molecular flexibility index (Phi) is 3.45. The summed E-state index contributed by atoms with van der Waals surface area (Å²) in [7, 11) is 0. The van der Waals surface area contributed by atoms with E-state index < -0.39 is 5.82 Å². The maximum absolute atomic E-state index is 13.4. The minimum absolute atomic E-state index is 0.00901. The molecule has 2 aromatic carbocycles. The third kappa shape index (κ3) is 2.83. The predicted molar refractivity (Wildman–Crippen MR) is 74.9 cm³/mol. The molecule has 0 radical (unpaired) electrons. The van der Waals surface area contributed by atoms with Crippen LogP contribution in [0.5, 0.6) is 5.75 Å². The van der Waals surface area contributed by atoms with Gasteiger partial charge in [0.15, 0.2) is 5.78 Å². The summed E-state index contributed by atoms with van der Waals surface area (Å²) in [6, 6.07) is 10.9. The summed E-state index contributed by atoms with van der Waals surface area (Å²) >= 11 is 5.60. The average Bonchev–Trinajstić information content (AvgIpc) is 3.26. The van der Waals surface area contributed by atoms with Crippen molar-refractivity contribution in [3.8, 4) is 5.75 Å². The molecule has 0 unspecified atom stereocenters. The van der Waals surface area contributed by atoms with Gasteiger partial charge < -0.3 is 4.74 Å². The molecule has 0 atom stereocenters. The third-order valence-corrected chi connectivity index (χ3v) is 3.43. The molecule has 1 fully saturated rings. The highest BCUT2D eigenvalue weighted by Gasteiger charge is 2.23. The molecule has 1 aliphatic carbocycles. The molecule has 102 valence electrons. The number of carbonyl (C=O) groups is 1. The van der Waals surface area contributed by atoms with Crippen LogP contribution in [0.3, 0.4) is 0 Å². The van der Waals surface area contributed by atoms with E-state index in [-0.39, 0.29) is 16.4 Å². The number of carbonyl (C=O) groups excluding carboxylic acids is 1. The molecule has 20 heavy (non-hydrogen) atoms. The number of rotatable bonds is 4. The lowest BCUT2D eigenvalue weighted by Crippen LogP contribution is -2.02. The number of hydrogen-bond acceptors (Lipinski definition) is 2. The van der Waals surface area contributed by atoms with E-state index in [4.69, 9.17) is 16.3 Å². The molecule has 0 N–H and O–H groups in total. The van der Waals surface area contributed by atoms with E-state index in [1.807, 2.05) is 0 Å². The van der Waals surface area contributed by atoms with Crippen molar-refractivity contribution in [2.45, 2.75) is 18.9 Å². The van der Waals surface area contributed by atoms with Crippen LogP contribution in [-0.4, -0.2) is 11.9 Å². The maximum Gasteiger partial charge on any atom is 0.193 e. The van der Waals surface area contributed by atoms with E-state index in [1.165, 1.54) is 12.1 Å². The zero-order valence-corrected chi connectivity index (χ0v) is 11.4. The summed E-state index contributed by atoms with van der Waals surface area (Å²) in [6.07, 6.45) is 2.50. The fourth-order valence-corrected chi connectivity index (χ4v) is 1.98. The normalized spacial score (nSPS) is 14.1. The molecular weight excluding hydrogens is 279 g/mol. The molecule has 4 heteroatoms. The highest BCUT2D eigenvalue weighted by molar-refractivity contribution is 6.30. The van der Waals surface area contributed by atoms with Crippen LogP contribution >= 0.6 is 11.6 Å². The van der Waals surface area contributed by atoms with Crippen molar-refractivity contribution in [3.63, 3.8) is 0 Å². The Labute approximate surface area is 121 Å². The van der Waals surface area contributed by atoms with Crippen molar-refractivity contribution in [1.29, 1.82) is 0 Å². The lowest BCUT2D eigenvalue weighted by Gasteiger charge is -2.06. The molecule has 3 rings (SSSR count). The van der Waals surface area contributed by atoms with Gasteiger partial charge in [0.1, 0.15) is 11.6 Å². The highest BCUT2D eigenvalue weighted by Crippen LogP contribution is 2.27. The summed E-state index contributed by atoms with van der Waals surface area (Å²) in [5.74, 6) is -0.0731. The van der Waals surface area contributed by atoms with Crippen molar-refractivity contribution >= 4 is 17.4 Å².